The van der Waals surface area contributed by atoms with Gasteiger partial charge in [0.1, 0.15) is 6.10 Å². The summed E-state index contributed by atoms with van der Waals surface area (Å²) in [6, 6.07) is -0.223. The molecule has 0 radical (unpaired) electrons. The van der Waals surface area contributed by atoms with E-state index in [2.05, 4.69) is 20.8 Å². The lowest BCUT2D eigenvalue weighted by molar-refractivity contribution is -0.132. The highest BCUT2D eigenvalue weighted by Gasteiger charge is 2.32. The monoisotopic (exact) mass is 239 g/mol. The first-order valence-electron chi connectivity index (χ1n) is 5.74. The predicted molar refractivity (Wildman–Crippen MR) is 58.9 cm³/mol. The number of hydrogen-bond donors (Lipinski definition) is 1. The highest BCUT2D eigenvalue weighted by molar-refractivity contribution is 5.81. The molecule has 3 atom stereocenters. The SMILES string of the molecule is CC(NC(=O)[C@@H]1OCC[C@@H]1C)c1nnnn1C. The lowest BCUT2D eigenvalue weighted by Crippen LogP contribution is -2.39. The molecule has 0 spiro atoms. The number of ether oxygens (including phenoxy) is 1. The summed E-state index contributed by atoms with van der Waals surface area (Å²) in [5.74, 6) is 0.800. The largest absolute Gasteiger partial charge is 0.368 e. The van der Waals surface area contributed by atoms with Crippen molar-refractivity contribution in [1.82, 2.24) is 25.5 Å². The van der Waals surface area contributed by atoms with Crippen molar-refractivity contribution in [2.75, 3.05) is 6.61 Å². The fourth-order valence-corrected chi connectivity index (χ4v) is 1.99. The van der Waals surface area contributed by atoms with Gasteiger partial charge in [-0.25, -0.2) is 4.68 Å². The molecule has 0 bridgehead atoms. The smallest absolute Gasteiger partial charge is 0.249 e. The van der Waals surface area contributed by atoms with Gasteiger partial charge in [0, 0.05) is 13.7 Å². The number of rotatable bonds is 3. The van der Waals surface area contributed by atoms with Crippen LogP contribution < -0.4 is 5.32 Å². The molecular formula is C10H17N5O2. The van der Waals surface area contributed by atoms with Crippen molar-refractivity contribution in [3.63, 3.8) is 0 Å². The third-order valence-electron chi connectivity index (χ3n) is 3.04. The number of carbonyl (C=O) groups excluding carboxylic acids is 1. The maximum atomic E-state index is 12.0. The van der Waals surface area contributed by atoms with Crippen LogP contribution in [0.2, 0.25) is 0 Å². The number of amides is 1. The molecule has 7 heteroatoms. The minimum Gasteiger partial charge on any atom is -0.368 e. The molecule has 1 N–H and O–H groups in total. The van der Waals surface area contributed by atoms with Crippen LogP contribution in [-0.2, 0) is 16.6 Å². The maximum absolute atomic E-state index is 12.0. The lowest BCUT2D eigenvalue weighted by atomic mass is 10.0. The topological polar surface area (TPSA) is 81.9 Å². The van der Waals surface area contributed by atoms with E-state index >= 15 is 0 Å². The highest BCUT2D eigenvalue weighted by atomic mass is 16.5. The van der Waals surface area contributed by atoms with Crippen LogP contribution in [0.25, 0.3) is 0 Å². The zero-order valence-electron chi connectivity index (χ0n) is 10.3. The first kappa shape index (κ1) is 12.0. The normalized spacial score (nSPS) is 25.8. The molecule has 1 saturated heterocycles. The van der Waals surface area contributed by atoms with Crippen LogP contribution in [0.15, 0.2) is 0 Å². The summed E-state index contributed by atoms with van der Waals surface area (Å²) in [6.45, 7) is 4.52. The van der Waals surface area contributed by atoms with Crippen LogP contribution in [0.4, 0.5) is 0 Å². The Balaban J connectivity index is 1.97. The van der Waals surface area contributed by atoms with Gasteiger partial charge in [0.25, 0.3) is 0 Å². The van der Waals surface area contributed by atoms with Crippen molar-refractivity contribution in [3.8, 4) is 0 Å². The molecule has 0 aromatic carbocycles. The number of nitrogens with zero attached hydrogens (tertiary/aromatic N) is 4. The van der Waals surface area contributed by atoms with E-state index in [1.807, 2.05) is 13.8 Å². The van der Waals surface area contributed by atoms with Gasteiger partial charge in [0.05, 0.1) is 6.04 Å². The number of nitrogens with one attached hydrogen (secondary N) is 1. The number of hydrogen-bond acceptors (Lipinski definition) is 5. The van der Waals surface area contributed by atoms with E-state index in [0.29, 0.717) is 12.4 Å². The Morgan fingerprint density at radius 2 is 2.41 bits per heavy atom. The molecule has 1 amide bonds. The van der Waals surface area contributed by atoms with E-state index in [1.54, 1.807) is 11.7 Å². The van der Waals surface area contributed by atoms with Crippen LogP contribution in [0, 0.1) is 5.92 Å². The summed E-state index contributed by atoms with van der Waals surface area (Å²) in [4.78, 5) is 12.0. The summed E-state index contributed by atoms with van der Waals surface area (Å²) in [7, 11) is 1.74. The van der Waals surface area contributed by atoms with Crippen LogP contribution in [-0.4, -0.2) is 38.8 Å². The molecule has 2 heterocycles. The molecule has 2 rings (SSSR count). The second-order valence-corrected chi connectivity index (χ2v) is 4.45. The number of carbonyl (C=O) groups is 1. The van der Waals surface area contributed by atoms with Crippen LogP contribution in [0.5, 0.6) is 0 Å². The zero-order chi connectivity index (χ0) is 12.4. The van der Waals surface area contributed by atoms with Gasteiger partial charge < -0.3 is 10.1 Å². The maximum Gasteiger partial charge on any atom is 0.249 e. The van der Waals surface area contributed by atoms with Gasteiger partial charge in [-0.1, -0.05) is 6.92 Å². The number of tetrazole rings is 1. The Morgan fingerprint density at radius 3 is 2.94 bits per heavy atom. The fraction of sp³-hybridized carbons (Fsp3) is 0.800. The first-order valence-corrected chi connectivity index (χ1v) is 5.74. The fourth-order valence-electron chi connectivity index (χ4n) is 1.99. The quantitative estimate of drug-likeness (QED) is 0.790. The summed E-state index contributed by atoms with van der Waals surface area (Å²) in [5.41, 5.74) is 0. The minimum atomic E-state index is -0.348. The van der Waals surface area contributed by atoms with E-state index in [4.69, 9.17) is 4.74 Å². The van der Waals surface area contributed by atoms with Gasteiger partial charge in [-0.3, -0.25) is 4.79 Å². The standard InChI is InChI=1S/C10H17N5O2/c1-6-4-5-17-8(6)10(16)11-7(2)9-12-13-14-15(9)3/h6-8H,4-5H2,1-3H3,(H,11,16)/t6-,7?,8+/m0/s1. The van der Waals surface area contributed by atoms with Crippen molar-refractivity contribution in [2.24, 2.45) is 13.0 Å². The van der Waals surface area contributed by atoms with Crippen molar-refractivity contribution in [2.45, 2.75) is 32.4 Å². The van der Waals surface area contributed by atoms with E-state index in [-0.39, 0.29) is 24.0 Å². The second-order valence-electron chi connectivity index (χ2n) is 4.45. The molecule has 94 valence electrons. The zero-order valence-corrected chi connectivity index (χ0v) is 10.3. The Bertz CT molecular complexity index is 405. The van der Waals surface area contributed by atoms with Crippen molar-refractivity contribution in [1.29, 1.82) is 0 Å². The van der Waals surface area contributed by atoms with Gasteiger partial charge in [0.2, 0.25) is 5.91 Å². The predicted octanol–water partition coefficient (Wildman–Crippen LogP) is -0.188. The lowest BCUT2D eigenvalue weighted by Gasteiger charge is -2.17. The summed E-state index contributed by atoms with van der Waals surface area (Å²) in [5, 5.41) is 14.0. The molecule has 0 aliphatic carbocycles. The van der Waals surface area contributed by atoms with Crippen LogP contribution in [0.3, 0.4) is 0 Å². The second kappa shape index (κ2) is 4.79. The highest BCUT2D eigenvalue weighted by Crippen LogP contribution is 2.21. The summed E-state index contributed by atoms with van der Waals surface area (Å²) in [6.07, 6.45) is 0.580. The molecule has 1 aliphatic rings. The van der Waals surface area contributed by atoms with E-state index in [0.717, 1.165) is 6.42 Å². The van der Waals surface area contributed by atoms with E-state index < -0.39 is 0 Å². The van der Waals surface area contributed by atoms with Gasteiger partial charge in [-0.05, 0) is 29.7 Å². The van der Waals surface area contributed by atoms with Gasteiger partial charge in [-0.2, -0.15) is 0 Å². The first-order chi connectivity index (χ1) is 8.09. The molecule has 1 fully saturated rings. The average Bonchev–Trinajstić information content (AvgIpc) is 2.86. The molecule has 17 heavy (non-hydrogen) atoms. The molecule has 1 aromatic rings. The van der Waals surface area contributed by atoms with Crippen molar-refractivity contribution < 1.29 is 9.53 Å². The van der Waals surface area contributed by atoms with Crippen LogP contribution in [0.1, 0.15) is 32.1 Å². The number of aromatic nitrogens is 4. The minimum absolute atomic E-state index is 0.0921. The molecule has 1 aromatic heterocycles. The van der Waals surface area contributed by atoms with Gasteiger partial charge in [0.15, 0.2) is 5.82 Å². The molecular weight excluding hydrogens is 222 g/mol. The Hall–Kier alpha value is -1.50. The molecule has 1 aliphatic heterocycles. The Kier molecular flexibility index (Phi) is 3.37. The third-order valence-corrected chi connectivity index (χ3v) is 3.04. The Morgan fingerprint density at radius 1 is 1.65 bits per heavy atom. The summed E-state index contributed by atoms with van der Waals surface area (Å²) < 4.78 is 6.95. The van der Waals surface area contributed by atoms with Gasteiger partial charge >= 0.3 is 0 Å². The molecule has 7 nitrogen and oxygen atoms in total. The molecule has 0 saturated carbocycles. The van der Waals surface area contributed by atoms with Crippen molar-refractivity contribution in [3.05, 3.63) is 5.82 Å². The Labute approximate surface area is 99.5 Å². The van der Waals surface area contributed by atoms with Crippen LogP contribution >= 0.6 is 0 Å². The van der Waals surface area contributed by atoms with E-state index in [9.17, 15) is 4.79 Å². The number of aryl methyl sites for hydroxylation is 1. The average molecular weight is 239 g/mol. The third kappa shape index (κ3) is 2.44. The van der Waals surface area contributed by atoms with Gasteiger partial charge in [-0.15, -0.1) is 5.10 Å². The van der Waals surface area contributed by atoms with Crippen molar-refractivity contribution >= 4 is 5.91 Å². The molecule has 1 unspecified atom stereocenters. The summed E-state index contributed by atoms with van der Waals surface area (Å²) >= 11 is 0. The van der Waals surface area contributed by atoms with E-state index in [1.165, 1.54) is 0 Å².